The van der Waals surface area contributed by atoms with Gasteiger partial charge in [0, 0.05) is 47.2 Å². The van der Waals surface area contributed by atoms with E-state index < -0.39 is 54.1 Å². The molecule has 1 unspecified atom stereocenters. The Hall–Kier alpha value is -3.61. The summed E-state index contributed by atoms with van der Waals surface area (Å²) in [5.41, 5.74) is -0.407. The lowest BCUT2D eigenvalue weighted by Crippen LogP contribution is -2.79. The zero-order chi connectivity index (χ0) is 29.5. The number of aromatic hydroxyl groups is 1. The molecule has 3 saturated carbocycles. The fourth-order valence-corrected chi connectivity index (χ4v) is 6.80. The number of hydrogen-bond donors (Lipinski definition) is 5. The molecule has 1 amide bonds. The number of halogens is 3. The minimum atomic E-state index is -4.75. The first kappa shape index (κ1) is 27.6. The number of benzene rings is 2. The predicted molar refractivity (Wildman–Crippen MR) is 144 cm³/mol. The molecule has 2 aromatic carbocycles. The number of fused-ring (bicyclic) bond motifs is 1. The van der Waals surface area contributed by atoms with Gasteiger partial charge < -0.3 is 25.2 Å². The number of aromatic amines is 1. The van der Waals surface area contributed by atoms with Crippen LogP contribution in [0.2, 0.25) is 5.02 Å². The Morgan fingerprint density at radius 1 is 1.24 bits per heavy atom. The molecule has 15 heteroatoms. The number of hydrogen-bond acceptors (Lipinski definition) is 6. The van der Waals surface area contributed by atoms with Crippen LogP contribution in [0.25, 0.3) is 11.6 Å². The van der Waals surface area contributed by atoms with E-state index in [9.17, 15) is 28.0 Å². The van der Waals surface area contributed by atoms with Gasteiger partial charge in [0.1, 0.15) is 11.7 Å². The number of imidazole rings is 1. The third-order valence-corrected chi connectivity index (χ3v) is 8.72. The van der Waals surface area contributed by atoms with Gasteiger partial charge >= 0.3 is 13.5 Å². The molecule has 41 heavy (non-hydrogen) atoms. The summed E-state index contributed by atoms with van der Waals surface area (Å²) in [6.45, 7) is 1.80. The van der Waals surface area contributed by atoms with Crippen molar-refractivity contribution in [2.24, 2.45) is 4.99 Å². The summed E-state index contributed by atoms with van der Waals surface area (Å²) in [5, 5.41) is 14.4. The summed E-state index contributed by atoms with van der Waals surface area (Å²) in [6.07, 6.45) is 3.31. The van der Waals surface area contributed by atoms with E-state index in [0.717, 1.165) is 28.3 Å². The number of H-pyrrole nitrogens is 1. The second-order valence-electron chi connectivity index (χ2n) is 10.6. The second-order valence-corrected chi connectivity index (χ2v) is 12.2. The third kappa shape index (κ3) is 4.63. The van der Waals surface area contributed by atoms with E-state index in [1.807, 2.05) is 0 Å². The first-order valence-corrected chi connectivity index (χ1v) is 14.2. The molecule has 3 aliphatic carbocycles. The number of nitrogens with one attached hydrogen (secondary N) is 2. The maximum absolute atomic E-state index is 14.2. The van der Waals surface area contributed by atoms with Gasteiger partial charge in [-0.25, -0.2) is 22.7 Å². The number of allylic oxidation sites excluding steroid dienone is 1. The number of aromatic nitrogens is 2. The van der Waals surface area contributed by atoms with Crippen LogP contribution in [0.4, 0.5) is 14.5 Å². The Morgan fingerprint density at radius 3 is 2.61 bits per heavy atom. The lowest BCUT2D eigenvalue weighted by atomic mass is 9.46. The molecule has 3 fully saturated rings. The Balaban J connectivity index is 1.35. The number of aliphatic imine (C=N–C) groups is 1. The first-order chi connectivity index (χ1) is 19.2. The van der Waals surface area contributed by atoms with Crippen LogP contribution in [0.3, 0.4) is 0 Å². The van der Waals surface area contributed by atoms with E-state index >= 15 is 0 Å². The molecule has 0 saturated heterocycles. The van der Waals surface area contributed by atoms with Crippen molar-refractivity contribution in [3.05, 3.63) is 79.9 Å². The van der Waals surface area contributed by atoms with Gasteiger partial charge in [-0.1, -0.05) is 23.7 Å². The highest BCUT2D eigenvalue weighted by atomic mass is 35.5. The number of rotatable bonds is 7. The van der Waals surface area contributed by atoms with Crippen molar-refractivity contribution in [1.29, 1.82) is 0 Å². The van der Waals surface area contributed by atoms with E-state index in [1.165, 1.54) is 12.3 Å². The molecular formula is C26H22ClF2N4O7P. The van der Waals surface area contributed by atoms with E-state index in [2.05, 4.69) is 15.3 Å². The average molecular weight is 607 g/mol. The van der Waals surface area contributed by atoms with Gasteiger partial charge in [-0.05, 0) is 42.3 Å². The lowest BCUT2D eigenvalue weighted by Gasteiger charge is -2.69. The van der Waals surface area contributed by atoms with Crippen molar-refractivity contribution in [2.75, 3.05) is 0 Å². The van der Waals surface area contributed by atoms with Crippen molar-refractivity contribution in [2.45, 2.75) is 43.4 Å². The Labute approximate surface area is 235 Å². The van der Waals surface area contributed by atoms with Crippen LogP contribution in [0.15, 0.2) is 40.1 Å². The molecule has 1 aromatic heterocycles. The highest BCUT2D eigenvalue weighted by Gasteiger charge is 2.71. The fourth-order valence-electron chi connectivity index (χ4n) is 5.95. The summed E-state index contributed by atoms with van der Waals surface area (Å²) in [5.74, 6) is -3.90. The van der Waals surface area contributed by atoms with Gasteiger partial charge in [-0.3, -0.25) is 14.3 Å². The number of phosphoric ester groups is 1. The van der Waals surface area contributed by atoms with Gasteiger partial charge in [-0.15, -0.1) is 0 Å². The smallest absolute Gasteiger partial charge is 0.470 e. The molecule has 0 radical (unpaired) electrons. The predicted octanol–water partition coefficient (Wildman–Crippen LogP) is 3.87. The minimum Gasteiger partial charge on any atom is -0.493 e. The van der Waals surface area contributed by atoms with Crippen LogP contribution in [-0.4, -0.2) is 47.7 Å². The molecule has 11 nitrogen and oxygen atoms in total. The first-order valence-electron chi connectivity index (χ1n) is 12.3. The second kappa shape index (κ2) is 9.20. The summed E-state index contributed by atoms with van der Waals surface area (Å²) in [6, 6.07) is 4.47. The molecule has 2 heterocycles. The standard InChI is InChI=1S/C26H22ClF2N4O7P/c1-12-16(27)4-3-15-14(8-30-20(12)15)7-19-23(35)33(24(36)31-19)21(13-2-5-17(28)18(29)6-13)22(34)32-25-9-26(10-25,11-25)40-41(37,38)39/h2-8,21,35H,9-11H2,1H3,(H,31,36)(H,32,34)(H2,37,38,39)/b14-7+. The van der Waals surface area contributed by atoms with Crippen LogP contribution in [0.5, 0.6) is 5.88 Å². The third-order valence-electron chi connectivity index (χ3n) is 7.69. The van der Waals surface area contributed by atoms with Crippen molar-refractivity contribution < 1.29 is 37.6 Å². The molecule has 7 rings (SSSR count). The monoisotopic (exact) mass is 606 g/mol. The highest BCUT2D eigenvalue weighted by Crippen LogP contribution is 2.67. The van der Waals surface area contributed by atoms with Gasteiger partial charge in [0.05, 0.1) is 11.3 Å². The zero-order valence-electron chi connectivity index (χ0n) is 21.2. The quantitative estimate of drug-likeness (QED) is 0.255. The molecule has 0 spiro atoms. The van der Waals surface area contributed by atoms with Crippen molar-refractivity contribution in [3.63, 3.8) is 0 Å². The van der Waals surface area contributed by atoms with E-state index in [0.29, 0.717) is 21.8 Å². The van der Waals surface area contributed by atoms with Gasteiger partial charge in [0.2, 0.25) is 11.8 Å². The van der Waals surface area contributed by atoms with Gasteiger partial charge in [0.15, 0.2) is 11.6 Å². The van der Waals surface area contributed by atoms with Crippen LogP contribution in [0, 0.1) is 18.6 Å². The SMILES string of the molecule is Cc1c(Cl)ccc2c1N=C/C2=C\c1[nH]c(=O)n(C(C(=O)NC23CC(OP(=O)(O)O)(C2)C3)c2ccc(F)c(F)c2)c1O. The number of carbonyl (C=O) groups is 1. The van der Waals surface area contributed by atoms with E-state index in [4.69, 9.17) is 25.9 Å². The van der Waals surface area contributed by atoms with Gasteiger partial charge in [-0.2, -0.15) is 0 Å². The molecule has 5 N–H and O–H groups in total. The van der Waals surface area contributed by atoms with Crippen molar-refractivity contribution >= 4 is 48.9 Å². The Bertz CT molecular complexity index is 1790. The van der Waals surface area contributed by atoms with Crippen molar-refractivity contribution in [3.8, 4) is 5.88 Å². The van der Waals surface area contributed by atoms with Crippen molar-refractivity contribution in [1.82, 2.24) is 14.9 Å². The molecular weight excluding hydrogens is 585 g/mol. The van der Waals surface area contributed by atoms with Gasteiger partial charge in [0.25, 0.3) is 0 Å². The normalized spacial score (nSPS) is 24.1. The largest absolute Gasteiger partial charge is 0.493 e. The maximum Gasteiger partial charge on any atom is 0.470 e. The van der Waals surface area contributed by atoms with E-state index in [1.54, 1.807) is 19.1 Å². The Kier molecular flexibility index (Phi) is 6.18. The summed E-state index contributed by atoms with van der Waals surface area (Å²) < 4.78 is 44.8. The minimum absolute atomic E-state index is 0.0585. The summed E-state index contributed by atoms with van der Waals surface area (Å²) in [4.78, 5) is 51.9. The summed E-state index contributed by atoms with van der Waals surface area (Å²) >= 11 is 6.18. The lowest BCUT2D eigenvalue weighted by molar-refractivity contribution is -0.211. The number of carbonyl (C=O) groups excluding carboxylic acids is 1. The van der Waals surface area contributed by atoms with Crippen LogP contribution in [0.1, 0.15) is 47.7 Å². The molecule has 2 bridgehead atoms. The Morgan fingerprint density at radius 2 is 1.95 bits per heavy atom. The van der Waals surface area contributed by atoms with Crippen LogP contribution < -0.4 is 11.0 Å². The highest BCUT2D eigenvalue weighted by molar-refractivity contribution is 7.46. The molecule has 3 aromatic rings. The molecule has 214 valence electrons. The number of phosphoric acid groups is 1. The van der Waals surface area contributed by atoms with Crippen LogP contribution >= 0.6 is 19.4 Å². The topological polar surface area (TPSA) is 166 Å². The zero-order valence-corrected chi connectivity index (χ0v) is 22.8. The number of nitrogens with zero attached hydrogens (tertiary/aromatic N) is 2. The maximum atomic E-state index is 14.2. The average Bonchev–Trinajstić information content (AvgIpc) is 3.37. The van der Waals surface area contributed by atoms with Crippen LogP contribution in [-0.2, 0) is 13.9 Å². The molecule has 1 atom stereocenters. The van der Waals surface area contributed by atoms with E-state index in [-0.39, 0.29) is 30.5 Å². The molecule has 1 aliphatic heterocycles. The molecule has 4 aliphatic rings. The number of amides is 1. The fraction of sp³-hybridized carbons (Fsp3) is 0.269. The summed E-state index contributed by atoms with van der Waals surface area (Å²) in [7, 11) is -4.75.